The Morgan fingerprint density at radius 3 is 2.67 bits per heavy atom. The van der Waals surface area contributed by atoms with Crippen LogP contribution in [0.5, 0.6) is 0 Å². The quantitative estimate of drug-likeness (QED) is 0.683. The van der Waals surface area contributed by atoms with Crippen LogP contribution < -0.4 is 5.69 Å². The van der Waals surface area contributed by atoms with Crippen molar-refractivity contribution in [3.63, 3.8) is 0 Å². The summed E-state index contributed by atoms with van der Waals surface area (Å²) in [4.78, 5) is 16.9. The summed E-state index contributed by atoms with van der Waals surface area (Å²) in [5.41, 5.74) is 0.151. The minimum Gasteiger partial charge on any atom is -0.284 e. The van der Waals surface area contributed by atoms with Gasteiger partial charge in [-0.1, -0.05) is 24.3 Å². The lowest BCUT2D eigenvalue weighted by atomic mass is 10.1. The van der Waals surface area contributed by atoms with Crippen LogP contribution in [0, 0.1) is 0 Å². The third-order valence-electron chi connectivity index (χ3n) is 2.98. The molecule has 0 radical (unpaired) electrons. The molecule has 0 fully saturated rings. The number of thiophene rings is 1. The van der Waals surface area contributed by atoms with E-state index < -0.39 is 17.6 Å². The molecule has 0 amide bonds. The highest BCUT2D eigenvalue weighted by Crippen LogP contribution is 2.30. The highest BCUT2D eigenvalue weighted by Gasteiger charge is 2.27. The van der Waals surface area contributed by atoms with Crippen molar-refractivity contribution in [3.8, 4) is 10.6 Å². The Morgan fingerprint density at radius 2 is 2.00 bits per heavy atom. The van der Waals surface area contributed by atoms with E-state index >= 15 is 0 Å². The lowest BCUT2D eigenvalue weighted by Gasteiger charge is -2.14. The third-order valence-corrected chi connectivity index (χ3v) is 3.98. The van der Waals surface area contributed by atoms with E-state index in [1.807, 2.05) is 17.5 Å². The number of para-hydroxylation sites is 1. The summed E-state index contributed by atoms with van der Waals surface area (Å²) in [5.74, 6) is 0. The molecule has 0 bridgehead atoms. The largest absolute Gasteiger partial charge is 0.348 e. The molecule has 0 aliphatic carbocycles. The molecule has 0 N–H and O–H groups in total. The van der Waals surface area contributed by atoms with Gasteiger partial charge in [-0.3, -0.25) is 4.57 Å². The van der Waals surface area contributed by atoms with Crippen molar-refractivity contribution >= 4 is 33.8 Å². The molecule has 0 aliphatic rings. The zero-order valence-electron chi connectivity index (χ0n) is 10.6. The molecule has 3 rings (SSSR count). The second-order valence-electron chi connectivity index (χ2n) is 4.44. The van der Waals surface area contributed by atoms with E-state index in [-0.39, 0.29) is 0 Å². The van der Waals surface area contributed by atoms with Crippen LogP contribution in [-0.4, -0.2) is 14.9 Å². The van der Waals surface area contributed by atoms with Crippen LogP contribution in [0.2, 0.25) is 0 Å². The molecule has 2 heterocycles. The summed E-state index contributed by atoms with van der Waals surface area (Å²) in [7, 11) is 0. The van der Waals surface area contributed by atoms with E-state index in [0.717, 1.165) is 9.44 Å². The number of hydrogen-bond acceptors (Lipinski definition) is 3. The highest BCUT2D eigenvalue weighted by atomic mass is 35.5. The maximum absolute atomic E-state index is 13.1. The second kappa shape index (κ2) is 5.20. The Kier molecular flexibility index (Phi) is 3.51. The van der Waals surface area contributed by atoms with Crippen molar-refractivity contribution in [2.24, 2.45) is 0 Å². The molecule has 0 saturated carbocycles. The molecule has 0 saturated heterocycles. The molecule has 3 aromatic rings. The van der Waals surface area contributed by atoms with Crippen molar-refractivity contribution < 1.29 is 8.78 Å². The van der Waals surface area contributed by atoms with Gasteiger partial charge in [-0.2, -0.15) is 13.8 Å². The minimum atomic E-state index is -3.50. The van der Waals surface area contributed by atoms with E-state index in [1.54, 1.807) is 24.3 Å². The lowest BCUT2D eigenvalue weighted by Crippen LogP contribution is -2.30. The molecular weight excluding hydrogens is 318 g/mol. The third kappa shape index (κ3) is 2.82. The van der Waals surface area contributed by atoms with Crippen molar-refractivity contribution in [1.29, 1.82) is 0 Å². The number of hydrogen-bond donors (Lipinski definition) is 0. The van der Waals surface area contributed by atoms with E-state index in [0.29, 0.717) is 16.6 Å². The van der Waals surface area contributed by atoms with Crippen molar-refractivity contribution in [1.82, 2.24) is 9.55 Å². The van der Waals surface area contributed by atoms with Crippen LogP contribution in [-0.2, 0) is 6.54 Å². The van der Waals surface area contributed by atoms with Gasteiger partial charge < -0.3 is 0 Å². The van der Waals surface area contributed by atoms with Crippen LogP contribution >= 0.6 is 22.9 Å². The van der Waals surface area contributed by atoms with E-state index in [2.05, 4.69) is 4.98 Å². The number of benzene rings is 1. The monoisotopic (exact) mass is 326 g/mol. The van der Waals surface area contributed by atoms with Crippen LogP contribution in [0.4, 0.5) is 8.78 Å². The topological polar surface area (TPSA) is 34.9 Å². The van der Waals surface area contributed by atoms with Gasteiger partial charge in [0.15, 0.2) is 0 Å². The number of nitrogens with zero attached hydrogens (tertiary/aromatic N) is 2. The fraction of sp³-hybridized carbons (Fsp3) is 0.143. The fourth-order valence-electron chi connectivity index (χ4n) is 2.16. The van der Waals surface area contributed by atoms with E-state index in [1.165, 1.54) is 11.3 Å². The van der Waals surface area contributed by atoms with E-state index in [9.17, 15) is 13.6 Å². The average molecular weight is 327 g/mol. The SMILES string of the molecule is O=c1nc(-c2cccs2)c2ccccc2n1CC(F)(F)Cl. The molecule has 0 spiro atoms. The smallest absolute Gasteiger partial charge is 0.284 e. The van der Waals surface area contributed by atoms with Gasteiger partial charge >= 0.3 is 11.1 Å². The van der Waals surface area contributed by atoms with Gasteiger partial charge in [-0.15, -0.1) is 11.3 Å². The van der Waals surface area contributed by atoms with Crippen LogP contribution in [0.1, 0.15) is 0 Å². The van der Waals surface area contributed by atoms with Gasteiger partial charge in [0.05, 0.1) is 16.1 Å². The number of aromatic nitrogens is 2. The lowest BCUT2D eigenvalue weighted by molar-refractivity contribution is 0.0757. The van der Waals surface area contributed by atoms with Crippen LogP contribution in [0.3, 0.4) is 0 Å². The zero-order chi connectivity index (χ0) is 15.0. The van der Waals surface area contributed by atoms with E-state index in [4.69, 9.17) is 11.6 Å². The van der Waals surface area contributed by atoms with Crippen molar-refractivity contribution in [2.75, 3.05) is 0 Å². The summed E-state index contributed by atoms with van der Waals surface area (Å²) in [6, 6.07) is 10.5. The standard InChI is InChI=1S/C14H9ClF2N2OS/c15-14(16,17)8-19-10-5-2-1-4-9(10)12(18-13(19)20)11-6-3-7-21-11/h1-7H,8H2. The van der Waals surface area contributed by atoms with Gasteiger partial charge in [0.2, 0.25) is 0 Å². The molecular formula is C14H9ClF2N2OS. The van der Waals surface area contributed by atoms with Gasteiger partial charge in [-0.05, 0) is 29.1 Å². The van der Waals surface area contributed by atoms with Gasteiger partial charge in [-0.25, -0.2) is 4.79 Å². The van der Waals surface area contributed by atoms with Crippen molar-refractivity contribution in [3.05, 3.63) is 52.3 Å². The first-order valence-electron chi connectivity index (χ1n) is 6.06. The first kappa shape index (κ1) is 14.2. The van der Waals surface area contributed by atoms with Crippen LogP contribution in [0.25, 0.3) is 21.5 Å². The molecule has 21 heavy (non-hydrogen) atoms. The number of halogens is 3. The summed E-state index contributed by atoms with van der Waals surface area (Å²) in [6.45, 7) is -0.911. The summed E-state index contributed by atoms with van der Waals surface area (Å²) < 4.78 is 27.0. The first-order chi connectivity index (χ1) is 9.96. The normalized spacial score (nSPS) is 12.0. The predicted molar refractivity (Wildman–Crippen MR) is 80.1 cm³/mol. The van der Waals surface area contributed by atoms with Crippen molar-refractivity contribution in [2.45, 2.75) is 11.9 Å². The van der Waals surface area contributed by atoms with Crippen LogP contribution in [0.15, 0.2) is 46.6 Å². The Hall–Kier alpha value is -1.79. The number of fused-ring (bicyclic) bond motifs is 1. The van der Waals surface area contributed by atoms with Gasteiger partial charge in [0, 0.05) is 5.39 Å². The molecule has 0 unspecified atom stereocenters. The molecule has 3 nitrogen and oxygen atoms in total. The Morgan fingerprint density at radius 1 is 1.24 bits per heavy atom. The molecule has 0 atom stereocenters. The fourth-order valence-corrected chi connectivity index (χ4v) is 3.01. The molecule has 0 aliphatic heterocycles. The first-order valence-corrected chi connectivity index (χ1v) is 7.32. The zero-order valence-corrected chi connectivity index (χ0v) is 12.2. The Labute approximate surface area is 127 Å². The summed E-state index contributed by atoms with van der Waals surface area (Å²) in [6.07, 6.45) is 0. The summed E-state index contributed by atoms with van der Waals surface area (Å²) in [5, 5.41) is -0.997. The number of rotatable bonds is 3. The van der Waals surface area contributed by atoms with Gasteiger partial charge in [0.25, 0.3) is 0 Å². The number of alkyl halides is 3. The molecule has 1 aromatic carbocycles. The molecule has 7 heteroatoms. The maximum atomic E-state index is 13.1. The highest BCUT2D eigenvalue weighted by molar-refractivity contribution is 7.13. The predicted octanol–water partition coefficient (Wildman–Crippen LogP) is 3.96. The average Bonchev–Trinajstić information content (AvgIpc) is 2.94. The molecule has 2 aromatic heterocycles. The van der Waals surface area contributed by atoms with Gasteiger partial charge in [0.1, 0.15) is 6.54 Å². The maximum Gasteiger partial charge on any atom is 0.348 e. The minimum absolute atomic E-state index is 0.390. The second-order valence-corrected chi connectivity index (χ2v) is 5.94. The summed E-state index contributed by atoms with van der Waals surface area (Å²) >= 11 is 6.39. The Bertz CT molecular complexity index is 840. The molecule has 108 valence electrons. The Balaban J connectivity index is 2.31.